The molecule has 0 saturated heterocycles. The summed E-state index contributed by atoms with van der Waals surface area (Å²) in [5.74, 6) is 0. The molecule has 0 spiro atoms. The Hall–Kier alpha value is -0.600. The van der Waals surface area contributed by atoms with Gasteiger partial charge in [0.15, 0.2) is 0 Å². The van der Waals surface area contributed by atoms with Crippen molar-refractivity contribution in [3.8, 4) is 0 Å². The third-order valence-electron chi connectivity index (χ3n) is 3.01. The standard InChI is InChI=1S/C13H26N2/c1-7-9-15(10-8-2)11-13(4,5)12(3)14-6/h7-8,12,14H,1-2,9-11H2,3-6H3. The van der Waals surface area contributed by atoms with E-state index in [9.17, 15) is 0 Å². The van der Waals surface area contributed by atoms with Crippen molar-refractivity contribution < 1.29 is 0 Å². The summed E-state index contributed by atoms with van der Waals surface area (Å²) in [6.45, 7) is 17.3. The fraction of sp³-hybridized carbons (Fsp3) is 0.692. The minimum atomic E-state index is 0.251. The SMILES string of the molecule is C=CCN(CC=C)CC(C)(C)C(C)NC. The molecule has 0 radical (unpaired) electrons. The largest absolute Gasteiger partial charge is 0.317 e. The van der Waals surface area contributed by atoms with E-state index in [4.69, 9.17) is 0 Å². The first-order valence-corrected chi connectivity index (χ1v) is 5.59. The van der Waals surface area contributed by atoms with Crippen LogP contribution in [0.4, 0.5) is 0 Å². The second-order valence-electron chi connectivity index (χ2n) is 4.77. The van der Waals surface area contributed by atoms with Crippen molar-refractivity contribution >= 4 is 0 Å². The summed E-state index contributed by atoms with van der Waals surface area (Å²) in [6, 6.07) is 0.495. The van der Waals surface area contributed by atoms with Crippen LogP contribution in [0.2, 0.25) is 0 Å². The lowest BCUT2D eigenvalue weighted by atomic mass is 9.85. The Morgan fingerprint density at radius 3 is 2.07 bits per heavy atom. The lowest BCUT2D eigenvalue weighted by Crippen LogP contribution is -2.45. The molecule has 2 heteroatoms. The molecule has 1 atom stereocenters. The minimum absolute atomic E-state index is 0.251. The van der Waals surface area contributed by atoms with Crippen molar-refractivity contribution in [2.45, 2.75) is 26.8 Å². The molecule has 0 saturated carbocycles. The molecule has 0 aliphatic carbocycles. The van der Waals surface area contributed by atoms with Gasteiger partial charge in [0, 0.05) is 25.7 Å². The van der Waals surface area contributed by atoms with Crippen molar-refractivity contribution in [3.63, 3.8) is 0 Å². The van der Waals surface area contributed by atoms with Crippen LogP contribution in [-0.4, -0.2) is 37.6 Å². The highest BCUT2D eigenvalue weighted by molar-refractivity contribution is 4.87. The average molecular weight is 210 g/mol. The molecule has 15 heavy (non-hydrogen) atoms. The minimum Gasteiger partial charge on any atom is -0.317 e. The van der Waals surface area contributed by atoms with Gasteiger partial charge in [-0.25, -0.2) is 0 Å². The third-order valence-corrected chi connectivity index (χ3v) is 3.01. The Balaban J connectivity index is 4.35. The summed E-state index contributed by atoms with van der Waals surface area (Å²) >= 11 is 0. The molecule has 0 aromatic carbocycles. The molecule has 0 rings (SSSR count). The molecule has 88 valence electrons. The number of nitrogens with one attached hydrogen (secondary N) is 1. The summed E-state index contributed by atoms with van der Waals surface area (Å²) in [5, 5.41) is 3.32. The first-order chi connectivity index (χ1) is 6.97. The summed E-state index contributed by atoms with van der Waals surface area (Å²) in [6.07, 6.45) is 3.90. The fourth-order valence-corrected chi connectivity index (χ4v) is 1.67. The molecule has 1 unspecified atom stereocenters. The van der Waals surface area contributed by atoms with E-state index in [1.807, 2.05) is 19.2 Å². The maximum absolute atomic E-state index is 3.79. The quantitative estimate of drug-likeness (QED) is 0.618. The van der Waals surface area contributed by atoms with Crippen molar-refractivity contribution in [1.82, 2.24) is 10.2 Å². The van der Waals surface area contributed by atoms with Crippen LogP contribution in [0, 0.1) is 5.41 Å². The zero-order valence-corrected chi connectivity index (χ0v) is 10.7. The van der Waals surface area contributed by atoms with Gasteiger partial charge in [0.2, 0.25) is 0 Å². The summed E-state index contributed by atoms with van der Waals surface area (Å²) in [4.78, 5) is 2.36. The zero-order chi connectivity index (χ0) is 11.9. The van der Waals surface area contributed by atoms with Crippen LogP contribution < -0.4 is 5.32 Å². The maximum atomic E-state index is 3.79. The van der Waals surface area contributed by atoms with E-state index in [1.165, 1.54) is 0 Å². The van der Waals surface area contributed by atoms with Gasteiger partial charge < -0.3 is 5.32 Å². The van der Waals surface area contributed by atoms with E-state index < -0.39 is 0 Å². The van der Waals surface area contributed by atoms with Gasteiger partial charge in [0.05, 0.1) is 0 Å². The van der Waals surface area contributed by atoms with Crippen LogP contribution in [0.3, 0.4) is 0 Å². The van der Waals surface area contributed by atoms with Crippen LogP contribution in [0.15, 0.2) is 25.3 Å². The van der Waals surface area contributed by atoms with E-state index in [1.54, 1.807) is 0 Å². The van der Waals surface area contributed by atoms with Crippen molar-refractivity contribution in [2.24, 2.45) is 5.41 Å². The highest BCUT2D eigenvalue weighted by Gasteiger charge is 2.26. The predicted octanol–water partition coefficient (Wildman–Crippen LogP) is 2.29. The van der Waals surface area contributed by atoms with Crippen LogP contribution in [0.5, 0.6) is 0 Å². The van der Waals surface area contributed by atoms with Gasteiger partial charge in [-0.1, -0.05) is 26.0 Å². The van der Waals surface area contributed by atoms with Crippen molar-refractivity contribution in [2.75, 3.05) is 26.7 Å². The molecule has 0 aliphatic rings. The van der Waals surface area contributed by atoms with Crippen molar-refractivity contribution in [1.29, 1.82) is 0 Å². The summed E-state index contributed by atoms with van der Waals surface area (Å²) in [5.41, 5.74) is 0.251. The second kappa shape index (κ2) is 6.81. The second-order valence-corrected chi connectivity index (χ2v) is 4.77. The van der Waals surface area contributed by atoms with Gasteiger partial charge in [-0.2, -0.15) is 0 Å². The van der Waals surface area contributed by atoms with Gasteiger partial charge in [0.1, 0.15) is 0 Å². The van der Waals surface area contributed by atoms with Gasteiger partial charge in [-0.15, -0.1) is 13.2 Å². The third kappa shape index (κ3) is 5.14. The lowest BCUT2D eigenvalue weighted by molar-refractivity contribution is 0.167. The average Bonchev–Trinajstić information content (AvgIpc) is 2.16. The van der Waals surface area contributed by atoms with E-state index in [0.29, 0.717) is 6.04 Å². The molecule has 1 N–H and O–H groups in total. The molecule has 0 aromatic heterocycles. The van der Waals surface area contributed by atoms with Crippen LogP contribution in [-0.2, 0) is 0 Å². The molecular weight excluding hydrogens is 184 g/mol. The first kappa shape index (κ1) is 14.4. The number of hydrogen-bond donors (Lipinski definition) is 1. The number of nitrogens with zero attached hydrogens (tertiary/aromatic N) is 1. The Labute approximate surface area is 95.0 Å². The Bertz CT molecular complexity index is 187. The van der Waals surface area contributed by atoms with E-state index in [-0.39, 0.29) is 5.41 Å². The van der Waals surface area contributed by atoms with E-state index in [0.717, 1.165) is 19.6 Å². The Kier molecular flexibility index (Phi) is 6.53. The molecule has 0 aliphatic heterocycles. The van der Waals surface area contributed by atoms with Gasteiger partial charge in [-0.3, -0.25) is 4.90 Å². The summed E-state index contributed by atoms with van der Waals surface area (Å²) < 4.78 is 0. The maximum Gasteiger partial charge on any atom is 0.0164 e. The molecule has 0 bridgehead atoms. The summed E-state index contributed by atoms with van der Waals surface area (Å²) in [7, 11) is 2.01. The number of rotatable bonds is 8. The van der Waals surface area contributed by atoms with Gasteiger partial charge >= 0.3 is 0 Å². The van der Waals surface area contributed by atoms with Crippen LogP contribution in [0.1, 0.15) is 20.8 Å². The molecule has 0 fully saturated rings. The highest BCUT2D eigenvalue weighted by Crippen LogP contribution is 2.21. The fourth-order valence-electron chi connectivity index (χ4n) is 1.67. The zero-order valence-electron chi connectivity index (χ0n) is 10.7. The molecule has 0 amide bonds. The van der Waals surface area contributed by atoms with Gasteiger partial charge in [-0.05, 0) is 19.4 Å². The smallest absolute Gasteiger partial charge is 0.0164 e. The van der Waals surface area contributed by atoms with Crippen LogP contribution >= 0.6 is 0 Å². The number of hydrogen-bond acceptors (Lipinski definition) is 2. The Morgan fingerprint density at radius 2 is 1.73 bits per heavy atom. The molecule has 2 nitrogen and oxygen atoms in total. The van der Waals surface area contributed by atoms with E-state index in [2.05, 4.69) is 44.1 Å². The lowest BCUT2D eigenvalue weighted by Gasteiger charge is -2.36. The predicted molar refractivity (Wildman–Crippen MR) is 69.1 cm³/mol. The van der Waals surface area contributed by atoms with Gasteiger partial charge in [0.25, 0.3) is 0 Å². The van der Waals surface area contributed by atoms with Crippen molar-refractivity contribution in [3.05, 3.63) is 25.3 Å². The topological polar surface area (TPSA) is 15.3 Å². The van der Waals surface area contributed by atoms with E-state index >= 15 is 0 Å². The molecule has 0 heterocycles. The van der Waals surface area contributed by atoms with Crippen LogP contribution in [0.25, 0.3) is 0 Å². The molecular formula is C13H26N2. The first-order valence-electron chi connectivity index (χ1n) is 5.59. The monoisotopic (exact) mass is 210 g/mol. The Morgan fingerprint density at radius 1 is 1.27 bits per heavy atom. The molecule has 0 aromatic rings. The normalized spacial score (nSPS) is 13.9. The highest BCUT2D eigenvalue weighted by atomic mass is 15.1.